The summed E-state index contributed by atoms with van der Waals surface area (Å²) in [6, 6.07) is 3.68. The van der Waals surface area contributed by atoms with E-state index >= 15 is 0 Å². The summed E-state index contributed by atoms with van der Waals surface area (Å²) in [6.45, 7) is 2.15. The highest BCUT2D eigenvalue weighted by atomic mass is 32.1. The predicted molar refractivity (Wildman–Crippen MR) is 62.0 cm³/mol. The van der Waals surface area contributed by atoms with E-state index in [-0.39, 0.29) is 10.9 Å². The van der Waals surface area contributed by atoms with Crippen LogP contribution >= 0.6 is 12.2 Å². The quantitative estimate of drug-likeness (QED) is 0.734. The molecule has 4 nitrogen and oxygen atoms in total. The molecule has 1 atom stereocenters. The van der Waals surface area contributed by atoms with Crippen molar-refractivity contribution in [2.75, 3.05) is 0 Å². The Labute approximate surface area is 93.9 Å². The SMILES string of the molecule is CC(C(=O)NCc1ccncc1)C(N)=S. The van der Waals surface area contributed by atoms with Crippen LogP contribution in [0.4, 0.5) is 0 Å². The number of amides is 1. The van der Waals surface area contributed by atoms with E-state index in [0.717, 1.165) is 5.56 Å². The van der Waals surface area contributed by atoms with Gasteiger partial charge in [0.15, 0.2) is 0 Å². The molecule has 80 valence electrons. The van der Waals surface area contributed by atoms with Crippen LogP contribution in [0.2, 0.25) is 0 Å². The van der Waals surface area contributed by atoms with Crippen LogP contribution in [0, 0.1) is 5.92 Å². The highest BCUT2D eigenvalue weighted by molar-refractivity contribution is 7.80. The van der Waals surface area contributed by atoms with Gasteiger partial charge in [-0.05, 0) is 24.6 Å². The van der Waals surface area contributed by atoms with E-state index < -0.39 is 5.92 Å². The Bertz CT molecular complexity index is 353. The second-order valence-corrected chi connectivity index (χ2v) is 3.67. The number of carbonyl (C=O) groups is 1. The number of nitrogens with zero attached hydrogens (tertiary/aromatic N) is 1. The average Bonchev–Trinajstić information content (AvgIpc) is 2.26. The fraction of sp³-hybridized carbons (Fsp3) is 0.300. The van der Waals surface area contributed by atoms with Crippen molar-refractivity contribution < 1.29 is 4.79 Å². The summed E-state index contributed by atoms with van der Waals surface area (Å²) >= 11 is 4.73. The van der Waals surface area contributed by atoms with Gasteiger partial charge in [-0.3, -0.25) is 9.78 Å². The van der Waals surface area contributed by atoms with E-state index in [1.54, 1.807) is 19.3 Å². The minimum Gasteiger partial charge on any atom is -0.393 e. The molecule has 0 aliphatic carbocycles. The standard InChI is InChI=1S/C10H13N3OS/c1-7(9(11)15)10(14)13-6-8-2-4-12-5-3-8/h2-5,7H,6H2,1H3,(H2,11,15)(H,13,14). The van der Waals surface area contributed by atoms with Crippen molar-refractivity contribution in [3.63, 3.8) is 0 Å². The second-order valence-electron chi connectivity index (χ2n) is 3.20. The normalized spacial score (nSPS) is 11.8. The van der Waals surface area contributed by atoms with Gasteiger partial charge in [0.05, 0.1) is 10.9 Å². The zero-order valence-electron chi connectivity index (χ0n) is 8.43. The van der Waals surface area contributed by atoms with Crippen LogP contribution in [0.3, 0.4) is 0 Å². The zero-order chi connectivity index (χ0) is 11.3. The minimum atomic E-state index is -0.429. The molecule has 1 aromatic rings. The van der Waals surface area contributed by atoms with Crippen LogP contribution in [0.1, 0.15) is 12.5 Å². The first-order valence-corrected chi connectivity index (χ1v) is 4.98. The Kier molecular flexibility index (Phi) is 4.17. The van der Waals surface area contributed by atoms with Crippen molar-refractivity contribution in [1.29, 1.82) is 0 Å². The molecule has 0 aliphatic rings. The third-order valence-electron chi connectivity index (χ3n) is 2.04. The van der Waals surface area contributed by atoms with Gasteiger partial charge in [-0.1, -0.05) is 12.2 Å². The van der Waals surface area contributed by atoms with Crippen molar-refractivity contribution >= 4 is 23.1 Å². The number of hydrogen-bond acceptors (Lipinski definition) is 3. The highest BCUT2D eigenvalue weighted by Gasteiger charge is 2.14. The third kappa shape index (κ3) is 3.63. The van der Waals surface area contributed by atoms with Crippen molar-refractivity contribution in [1.82, 2.24) is 10.3 Å². The van der Waals surface area contributed by atoms with E-state index in [1.807, 2.05) is 12.1 Å². The molecule has 0 saturated carbocycles. The molecule has 0 radical (unpaired) electrons. The molecule has 3 N–H and O–H groups in total. The van der Waals surface area contributed by atoms with Crippen LogP contribution in [-0.4, -0.2) is 15.9 Å². The summed E-state index contributed by atoms with van der Waals surface area (Å²) in [6.07, 6.45) is 3.36. The van der Waals surface area contributed by atoms with Crippen LogP contribution < -0.4 is 11.1 Å². The first-order valence-electron chi connectivity index (χ1n) is 4.57. The lowest BCUT2D eigenvalue weighted by Crippen LogP contribution is -2.35. The van der Waals surface area contributed by atoms with E-state index in [9.17, 15) is 4.79 Å². The first kappa shape index (κ1) is 11.6. The number of thiocarbonyl (C=S) groups is 1. The van der Waals surface area contributed by atoms with Gasteiger partial charge in [0, 0.05) is 18.9 Å². The molecule has 0 aromatic carbocycles. The lowest BCUT2D eigenvalue weighted by atomic mass is 10.1. The lowest BCUT2D eigenvalue weighted by molar-refractivity contribution is -0.122. The molecule has 1 rings (SSSR count). The Hall–Kier alpha value is -1.49. The number of pyridine rings is 1. The summed E-state index contributed by atoms with van der Waals surface area (Å²) in [5.74, 6) is -0.582. The average molecular weight is 223 g/mol. The molecule has 0 spiro atoms. The van der Waals surface area contributed by atoms with Gasteiger partial charge in [-0.2, -0.15) is 0 Å². The molecule has 15 heavy (non-hydrogen) atoms. The highest BCUT2D eigenvalue weighted by Crippen LogP contribution is 1.98. The molecular weight excluding hydrogens is 210 g/mol. The molecule has 0 aliphatic heterocycles. The molecule has 1 aromatic heterocycles. The maximum absolute atomic E-state index is 11.5. The number of nitrogens with two attached hydrogens (primary N) is 1. The second kappa shape index (κ2) is 5.41. The fourth-order valence-electron chi connectivity index (χ4n) is 0.972. The van der Waals surface area contributed by atoms with Gasteiger partial charge in [-0.25, -0.2) is 0 Å². The van der Waals surface area contributed by atoms with Crippen LogP contribution in [-0.2, 0) is 11.3 Å². The Morgan fingerprint density at radius 2 is 2.20 bits per heavy atom. The van der Waals surface area contributed by atoms with Crippen molar-refractivity contribution in [3.05, 3.63) is 30.1 Å². The molecule has 1 heterocycles. The maximum Gasteiger partial charge on any atom is 0.229 e. The first-order chi connectivity index (χ1) is 7.11. The number of carbonyl (C=O) groups excluding carboxylic acids is 1. The van der Waals surface area contributed by atoms with Crippen LogP contribution in [0.25, 0.3) is 0 Å². The minimum absolute atomic E-state index is 0.153. The van der Waals surface area contributed by atoms with Crippen molar-refractivity contribution in [2.45, 2.75) is 13.5 Å². The number of hydrogen-bond donors (Lipinski definition) is 2. The third-order valence-corrected chi connectivity index (χ3v) is 2.39. The fourth-order valence-corrected chi connectivity index (χ4v) is 1.08. The molecule has 0 fully saturated rings. The van der Waals surface area contributed by atoms with Gasteiger partial charge in [0.1, 0.15) is 0 Å². The Morgan fingerprint density at radius 1 is 1.60 bits per heavy atom. The van der Waals surface area contributed by atoms with Crippen molar-refractivity contribution in [2.24, 2.45) is 11.7 Å². The van der Waals surface area contributed by atoms with E-state index in [2.05, 4.69) is 10.3 Å². The van der Waals surface area contributed by atoms with E-state index in [1.165, 1.54) is 0 Å². The molecule has 5 heteroatoms. The van der Waals surface area contributed by atoms with E-state index in [0.29, 0.717) is 6.54 Å². The summed E-state index contributed by atoms with van der Waals surface area (Å²) in [5.41, 5.74) is 6.36. The van der Waals surface area contributed by atoms with Crippen LogP contribution in [0.15, 0.2) is 24.5 Å². The topological polar surface area (TPSA) is 68.0 Å². The molecular formula is C10H13N3OS. The summed E-state index contributed by atoms with van der Waals surface area (Å²) in [7, 11) is 0. The summed E-state index contributed by atoms with van der Waals surface area (Å²) in [4.78, 5) is 15.6. The number of nitrogens with one attached hydrogen (secondary N) is 1. The smallest absolute Gasteiger partial charge is 0.229 e. The van der Waals surface area contributed by atoms with Crippen molar-refractivity contribution in [3.8, 4) is 0 Å². The van der Waals surface area contributed by atoms with E-state index in [4.69, 9.17) is 18.0 Å². The van der Waals surface area contributed by atoms with Gasteiger partial charge in [-0.15, -0.1) is 0 Å². The molecule has 1 amide bonds. The monoisotopic (exact) mass is 223 g/mol. The van der Waals surface area contributed by atoms with Gasteiger partial charge in [0.2, 0.25) is 5.91 Å². The molecule has 1 unspecified atom stereocenters. The summed E-state index contributed by atoms with van der Waals surface area (Å²) < 4.78 is 0. The Balaban J connectivity index is 2.44. The van der Waals surface area contributed by atoms with Gasteiger partial charge in [0.25, 0.3) is 0 Å². The maximum atomic E-state index is 11.5. The molecule has 0 bridgehead atoms. The lowest BCUT2D eigenvalue weighted by Gasteiger charge is -2.10. The summed E-state index contributed by atoms with van der Waals surface area (Å²) in [5, 5.41) is 2.75. The number of aromatic nitrogens is 1. The number of rotatable bonds is 4. The predicted octanol–water partition coefficient (Wildman–Crippen LogP) is 0.620. The van der Waals surface area contributed by atoms with Gasteiger partial charge >= 0.3 is 0 Å². The van der Waals surface area contributed by atoms with Gasteiger partial charge < -0.3 is 11.1 Å². The zero-order valence-corrected chi connectivity index (χ0v) is 9.25. The molecule has 0 saturated heterocycles. The van der Waals surface area contributed by atoms with Crippen LogP contribution in [0.5, 0.6) is 0 Å². The Morgan fingerprint density at radius 3 is 2.73 bits per heavy atom. The largest absolute Gasteiger partial charge is 0.393 e.